The molecule has 2 heterocycles. The molecule has 0 spiro atoms. The molecule has 4 rings (SSSR count). The molecule has 1 aliphatic heterocycles. The zero-order valence-electron chi connectivity index (χ0n) is 17.1. The number of pyridine rings is 1. The Morgan fingerprint density at radius 2 is 1.73 bits per heavy atom. The molecule has 3 aromatic rings. The molecule has 0 unspecified atom stereocenters. The Kier molecular flexibility index (Phi) is 6.72. The van der Waals surface area contributed by atoms with Crippen molar-refractivity contribution >= 4 is 5.91 Å². The number of amides is 1. The van der Waals surface area contributed by atoms with E-state index in [-0.39, 0.29) is 12.3 Å². The maximum atomic E-state index is 12.2. The van der Waals surface area contributed by atoms with Crippen molar-refractivity contribution in [1.82, 2.24) is 15.2 Å². The number of nitrogens with zero attached hydrogens (tertiary/aromatic N) is 2. The third kappa shape index (κ3) is 5.67. The maximum absolute atomic E-state index is 12.2. The summed E-state index contributed by atoms with van der Waals surface area (Å²) in [7, 11) is 0. The topological polar surface area (TPSA) is 54.5 Å². The average molecular weight is 402 g/mol. The third-order valence-corrected chi connectivity index (χ3v) is 5.31. The molecule has 0 bridgehead atoms. The predicted molar refractivity (Wildman–Crippen MR) is 118 cm³/mol. The fourth-order valence-electron chi connectivity index (χ4n) is 3.36. The molecule has 1 aliphatic rings. The Bertz CT molecular complexity index is 936. The quantitative estimate of drug-likeness (QED) is 0.594. The van der Waals surface area contributed by atoms with Crippen molar-refractivity contribution < 1.29 is 9.53 Å². The summed E-state index contributed by atoms with van der Waals surface area (Å²) in [6, 6.07) is 21.9. The number of likely N-dealkylation sites (tertiary alicyclic amines) is 1. The van der Waals surface area contributed by atoms with Gasteiger partial charge in [-0.3, -0.25) is 14.7 Å². The van der Waals surface area contributed by atoms with Crippen LogP contribution in [-0.4, -0.2) is 42.0 Å². The lowest BCUT2D eigenvalue weighted by molar-refractivity contribution is -0.120. The van der Waals surface area contributed by atoms with Crippen LogP contribution in [0.3, 0.4) is 0 Å². The van der Waals surface area contributed by atoms with Gasteiger partial charge in [-0.25, -0.2) is 0 Å². The molecule has 1 aromatic heterocycles. The lowest BCUT2D eigenvalue weighted by atomic mass is 10.1. The van der Waals surface area contributed by atoms with Crippen molar-refractivity contribution in [3.8, 4) is 16.9 Å². The van der Waals surface area contributed by atoms with E-state index in [1.165, 1.54) is 19.5 Å². The van der Waals surface area contributed by atoms with Gasteiger partial charge in [-0.2, -0.15) is 0 Å². The molecule has 0 atom stereocenters. The van der Waals surface area contributed by atoms with Gasteiger partial charge < -0.3 is 10.1 Å². The average Bonchev–Trinajstić information content (AvgIpc) is 2.76. The Morgan fingerprint density at radius 1 is 0.967 bits per heavy atom. The number of ether oxygens (including phenoxy) is 1. The monoisotopic (exact) mass is 401 g/mol. The standard InChI is InChI=1S/C25H27N3O2/c29-25(27-18-20-5-2-1-3-6-20)17-23-10-7-22(19-26-23)21-8-11-24(12-9-21)30-16-15-28-13-4-14-28/h1-3,5-12,19H,4,13-18H2,(H,27,29). The van der Waals surface area contributed by atoms with E-state index in [2.05, 4.69) is 15.2 Å². The highest BCUT2D eigenvalue weighted by molar-refractivity contribution is 5.78. The largest absolute Gasteiger partial charge is 0.492 e. The fraction of sp³-hybridized carbons (Fsp3) is 0.280. The second-order valence-corrected chi connectivity index (χ2v) is 7.55. The van der Waals surface area contributed by atoms with Crippen LogP contribution in [-0.2, 0) is 17.8 Å². The van der Waals surface area contributed by atoms with Gasteiger partial charge in [-0.05, 0) is 48.8 Å². The normalized spacial score (nSPS) is 13.5. The van der Waals surface area contributed by atoms with Crippen LogP contribution in [0.2, 0.25) is 0 Å². The van der Waals surface area contributed by atoms with Crippen LogP contribution in [0.25, 0.3) is 11.1 Å². The SMILES string of the molecule is O=C(Cc1ccc(-c2ccc(OCCN3CCC3)cc2)cn1)NCc1ccccc1. The summed E-state index contributed by atoms with van der Waals surface area (Å²) >= 11 is 0. The summed E-state index contributed by atoms with van der Waals surface area (Å²) in [6.45, 7) is 4.64. The molecule has 30 heavy (non-hydrogen) atoms. The molecule has 1 amide bonds. The van der Waals surface area contributed by atoms with Crippen LogP contribution in [0.5, 0.6) is 5.75 Å². The van der Waals surface area contributed by atoms with Crippen LogP contribution >= 0.6 is 0 Å². The van der Waals surface area contributed by atoms with Crippen LogP contribution in [0.15, 0.2) is 72.9 Å². The molecule has 5 nitrogen and oxygen atoms in total. The van der Waals surface area contributed by atoms with Crippen LogP contribution in [0.1, 0.15) is 17.7 Å². The van der Waals surface area contributed by atoms with E-state index in [9.17, 15) is 4.79 Å². The minimum atomic E-state index is -0.0289. The van der Waals surface area contributed by atoms with E-state index >= 15 is 0 Å². The lowest BCUT2D eigenvalue weighted by Gasteiger charge is -2.30. The van der Waals surface area contributed by atoms with E-state index < -0.39 is 0 Å². The van der Waals surface area contributed by atoms with Gasteiger partial charge in [0.1, 0.15) is 12.4 Å². The van der Waals surface area contributed by atoms with Crippen molar-refractivity contribution in [2.45, 2.75) is 19.4 Å². The molecule has 5 heteroatoms. The predicted octanol–water partition coefficient (Wildman–Crippen LogP) is 3.69. The zero-order chi connectivity index (χ0) is 20.6. The number of hydrogen-bond donors (Lipinski definition) is 1. The van der Waals surface area contributed by atoms with E-state index in [0.29, 0.717) is 6.54 Å². The molecule has 0 radical (unpaired) electrons. The Labute approximate surface area is 177 Å². The summed E-state index contributed by atoms with van der Waals surface area (Å²) in [6.07, 6.45) is 3.40. The van der Waals surface area contributed by atoms with Crippen molar-refractivity contribution in [1.29, 1.82) is 0 Å². The second kappa shape index (κ2) is 10.0. The fourth-order valence-corrected chi connectivity index (χ4v) is 3.36. The van der Waals surface area contributed by atoms with Gasteiger partial charge in [-0.15, -0.1) is 0 Å². The van der Waals surface area contributed by atoms with Crippen LogP contribution in [0, 0.1) is 0 Å². The van der Waals surface area contributed by atoms with Gasteiger partial charge in [0.15, 0.2) is 0 Å². The van der Waals surface area contributed by atoms with E-state index in [4.69, 9.17) is 4.74 Å². The Morgan fingerprint density at radius 3 is 2.40 bits per heavy atom. The summed E-state index contributed by atoms with van der Waals surface area (Å²) in [5.74, 6) is 0.859. The van der Waals surface area contributed by atoms with Crippen LogP contribution in [0.4, 0.5) is 0 Å². The number of carbonyl (C=O) groups excluding carboxylic acids is 1. The van der Waals surface area contributed by atoms with Crippen molar-refractivity contribution in [2.75, 3.05) is 26.2 Å². The van der Waals surface area contributed by atoms with Crippen molar-refractivity contribution in [3.63, 3.8) is 0 Å². The minimum absolute atomic E-state index is 0.0289. The van der Waals surface area contributed by atoms with Gasteiger partial charge in [-0.1, -0.05) is 48.5 Å². The highest BCUT2D eigenvalue weighted by Crippen LogP contribution is 2.22. The summed E-state index contributed by atoms with van der Waals surface area (Å²) in [4.78, 5) is 19.0. The molecule has 2 aromatic carbocycles. The van der Waals surface area contributed by atoms with Crippen molar-refractivity contribution in [3.05, 3.63) is 84.2 Å². The van der Waals surface area contributed by atoms with Crippen molar-refractivity contribution in [2.24, 2.45) is 0 Å². The highest BCUT2D eigenvalue weighted by Gasteiger charge is 2.12. The number of rotatable bonds is 9. The molecule has 1 saturated heterocycles. The number of carbonyl (C=O) groups is 1. The lowest BCUT2D eigenvalue weighted by Crippen LogP contribution is -2.39. The minimum Gasteiger partial charge on any atom is -0.492 e. The number of hydrogen-bond acceptors (Lipinski definition) is 4. The zero-order valence-corrected chi connectivity index (χ0v) is 17.1. The van der Waals surface area contributed by atoms with Gasteiger partial charge in [0.2, 0.25) is 5.91 Å². The summed E-state index contributed by atoms with van der Waals surface area (Å²) in [5, 5.41) is 2.94. The molecular formula is C25H27N3O2. The molecule has 1 N–H and O–H groups in total. The smallest absolute Gasteiger partial charge is 0.226 e. The molecule has 1 fully saturated rings. The van der Waals surface area contributed by atoms with Gasteiger partial charge in [0, 0.05) is 30.5 Å². The molecule has 0 aliphatic carbocycles. The van der Waals surface area contributed by atoms with E-state index in [1.807, 2.05) is 72.9 Å². The first-order valence-electron chi connectivity index (χ1n) is 10.5. The van der Waals surface area contributed by atoms with Crippen LogP contribution < -0.4 is 10.1 Å². The van der Waals surface area contributed by atoms with Gasteiger partial charge in [0.25, 0.3) is 0 Å². The molecular weight excluding hydrogens is 374 g/mol. The first-order chi connectivity index (χ1) is 14.8. The number of benzene rings is 2. The first-order valence-corrected chi connectivity index (χ1v) is 10.5. The molecule has 154 valence electrons. The second-order valence-electron chi connectivity index (χ2n) is 7.55. The van der Waals surface area contributed by atoms with E-state index in [1.54, 1.807) is 0 Å². The number of aromatic nitrogens is 1. The Balaban J connectivity index is 1.25. The third-order valence-electron chi connectivity index (χ3n) is 5.31. The van der Waals surface area contributed by atoms with E-state index in [0.717, 1.165) is 41.3 Å². The first kappa shape index (κ1) is 20.1. The van der Waals surface area contributed by atoms with Gasteiger partial charge >= 0.3 is 0 Å². The molecule has 0 saturated carbocycles. The van der Waals surface area contributed by atoms with Gasteiger partial charge in [0.05, 0.1) is 6.42 Å². The Hall–Kier alpha value is -3.18. The maximum Gasteiger partial charge on any atom is 0.226 e. The summed E-state index contributed by atoms with van der Waals surface area (Å²) < 4.78 is 5.82. The summed E-state index contributed by atoms with van der Waals surface area (Å²) in [5.41, 5.74) is 3.95. The highest BCUT2D eigenvalue weighted by atomic mass is 16.5. The number of nitrogens with one attached hydrogen (secondary N) is 1.